The van der Waals surface area contributed by atoms with Gasteiger partial charge in [0.15, 0.2) is 0 Å². The molecule has 0 aliphatic heterocycles. The Labute approximate surface area is 96.1 Å². The normalized spacial score (nSPS) is 12.6. The summed E-state index contributed by atoms with van der Waals surface area (Å²) in [6.07, 6.45) is 3.43. The number of halogens is 1. The molecule has 16 heavy (non-hydrogen) atoms. The van der Waals surface area contributed by atoms with E-state index in [1.165, 1.54) is 13.8 Å². The van der Waals surface area contributed by atoms with Crippen molar-refractivity contribution in [2.45, 2.75) is 45.7 Å². The molecule has 1 rings (SSSR count). The maximum Gasteiger partial charge on any atom is 0.316 e. The molecule has 0 N–H and O–H groups in total. The minimum atomic E-state index is -1.37. The number of hydrogen-bond acceptors (Lipinski definition) is 3. The third kappa shape index (κ3) is 4.13. The number of ether oxygens (including phenoxy) is 1. The molecule has 0 radical (unpaired) electrons. The van der Waals surface area contributed by atoms with E-state index in [0.717, 1.165) is 5.56 Å². The molecule has 0 fully saturated rings. The van der Waals surface area contributed by atoms with Gasteiger partial charge in [0.2, 0.25) is 0 Å². The Bertz CT molecular complexity index is 336. The molecule has 4 heteroatoms. The number of alkyl halides is 1. The molecule has 1 heterocycles. The number of rotatable bonds is 3. The fraction of sp³-hybridized carbons (Fsp3) is 0.667. The lowest BCUT2D eigenvalue weighted by Crippen LogP contribution is -2.23. The third-order valence-electron chi connectivity index (χ3n) is 2.04. The zero-order chi connectivity index (χ0) is 12.4. The van der Waals surface area contributed by atoms with E-state index in [1.54, 1.807) is 12.4 Å². The number of nitrogens with zero attached hydrogens (tertiary/aromatic N) is 2. The second-order valence-corrected chi connectivity index (χ2v) is 5.51. The molecule has 0 unspecified atom stereocenters. The van der Waals surface area contributed by atoms with Gasteiger partial charge in [0.1, 0.15) is 12.3 Å². The summed E-state index contributed by atoms with van der Waals surface area (Å²) in [5.41, 5.74) is -0.330. The maximum absolute atomic E-state index is 13.2. The van der Waals surface area contributed by atoms with Crippen LogP contribution in [0.25, 0.3) is 0 Å². The fourth-order valence-electron chi connectivity index (χ4n) is 1.01. The highest BCUT2D eigenvalue weighted by Gasteiger charge is 2.18. The molecule has 0 saturated carbocycles. The van der Waals surface area contributed by atoms with E-state index in [9.17, 15) is 4.39 Å². The largest absolute Gasteiger partial charge is 0.460 e. The van der Waals surface area contributed by atoms with Gasteiger partial charge < -0.3 is 4.74 Å². The lowest BCUT2D eigenvalue weighted by Gasteiger charge is -2.18. The van der Waals surface area contributed by atoms with Crippen molar-refractivity contribution in [3.8, 4) is 6.01 Å². The monoisotopic (exact) mass is 226 g/mol. The van der Waals surface area contributed by atoms with Crippen LogP contribution in [0.2, 0.25) is 0 Å². The third-order valence-corrected chi connectivity index (χ3v) is 2.04. The van der Waals surface area contributed by atoms with E-state index in [1.807, 2.05) is 0 Å². The predicted molar refractivity (Wildman–Crippen MR) is 61.4 cm³/mol. The average Bonchev–Trinajstić information content (AvgIpc) is 2.13. The first-order valence-corrected chi connectivity index (χ1v) is 5.33. The Balaban J connectivity index is 2.66. The molecule has 0 atom stereocenters. The number of aromatic nitrogens is 2. The van der Waals surface area contributed by atoms with Gasteiger partial charge in [-0.3, -0.25) is 0 Å². The zero-order valence-corrected chi connectivity index (χ0v) is 10.5. The van der Waals surface area contributed by atoms with Crippen LogP contribution in [-0.4, -0.2) is 22.2 Å². The summed E-state index contributed by atoms with van der Waals surface area (Å²) in [6.45, 7) is 9.11. The van der Waals surface area contributed by atoms with Crippen LogP contribution in [0.1, 0.15) is 40.2 Å². The molecule has 0 aromatic carbocycles. The van der Waals surface area contributed by atoms with Crippen LogP contribution < -0.4 is 4.74 Å². The zero-order valence-electron chi connectivity index (χ0n) is 10.5. The predicted octanol–water partition coefficient (Wildman–Crippen LogP) is 2.90. The summed E-state index contributed by atoms with van der Waals surface area (Å²) >= 11 is 0. The van der Waals surface area contributed by atoms with Crippen LogP contribution in [-0.2, 0) is 5.41 Å². The smallest absolute Gasteiger partial charge is 0.316 e. The molecule has 0 aliphatic rings. The Morgan fingerprint density at radius 2 is 1.62 bits per heavy atom. The molecule has 0 saturated heterocycles. The van der Waals surface area contributed by atoms with Gasteiger partial charge in [0.05, 0.1) is 0 Å². The SMILES string of the molecule is CC(C)(F)COc1ncc(C(C)(C)C)cn1. The molecule has 0 amide bonds. The highest BCUT2D eigenvalue weighted by atomic mass is 19.1. The Kier molecular flexibility index (Phi) is 3.51. The van der Waals surface area contributed by atoms with E-state index >= 15 is 0 Å². The minimum Gasteiger partial charge on any atom is -0.460 e. The van der Waals surface area contributed by atoms with Gasteiger partial charge in [0.25, 0.3) is 0 Å². The van der Waals surface area contributed by atoms with E-state index in [4.69, 9.17) is 4.74 Å². The van der Waals surface area contributed by atoms with Crippen molar-refractivity contribution in [1.82, 2.24) is 9.97 Å². The summed E-state index contributed by atoms with van der Waals surface area (Å²) in [6, 6.07) is 0.221. The summed E-state index contributed by atoms with van der Waals surface area (Å²) in [7, 11) is 0. The van der Waals surface area contributed by atoms with Crippen LogP contribution >= 0.6 is 0 Å². The average molecular weight is 226 g/mol. The van der Waals surface area contributed by atoms with Crippen LogP contribution in [0.4, 0.5) is 4.39 Å². The van der Waals surface area contributed by atoms with Gasteiger partial charge in [-0.2, -0.15) is 0 Å². The van der Waals surface area contributed by atoms with Gasteiger partial charge >= 0.3 is 6.01 Å². The maximum atomic E-state index is 13.2. The topological polar surface area (TPSA) is 35.0 Å². The lowest BCUT2D eigenvalue weighted by molar-refractivity contribution is 0.113. The van der Waals surface area contributed by atoms with E-state index in [-0.39, 0.29) is 18.0 Å². The standard InChI is InChI=1S/C12H19FN2O/c1-11(2,3)9-6-14-10(15-7-9)16-8-12(4,5)13/h6-7H,8H2,1-5H3. The number of hydrogen-bond donors (Lipinski definition) is 0. The molecule has 0 aliphatic carbocycles. The highest BCUT2D eigenvalue weighted by Crippen LogP contribution is 2.21. The van der Waals surface area contributed by atoms with Gasteiger partial charge in [-0.05, 0) is 24.8 Å². The quantitative estimate of drug-likeness (QED) is 0.795. The fourth-order valence-corrected chi connectivity index (χ4v) is 1.01. The molecule has 0 bridgehead atoms. The second kappa shape index (κ2) is 4.36. The van der Waals surface area contributed by atoms with E-state index < -0.39 is 5.67 Å². The molecular formula is C12H19FN2O. The van der Waals surface area contributed by atoms with Crippen molar-refractivity contribution >= 4 is 0 Å². The van der Waals surface area contributed by atoms with Crippen LogP contribution in [0, 0.1) is 0 Å². The summed E-state index contributed by atoms with van der Waals surface area (Å²) in [5, 5.41) is 0. The first-order chi connectivity index (χ1) is 7.18. The summed E-state index contributed by atoms with van der Waals surface area (Å²) in [4.78, 5) is 8.10. The van der Waals surface area contributed by atoms with Gasteiger partial charge in [-0.25, -0.2) is 14.4 Å². The molecule has 1 aromatic rings. The second-order valence-electron chi connectivity index (χ2n) is 5.51. The van der Waals surface area contributed by atoms with Crippen molar-refractivity contribution in [3.05, 3.63) is 18.0 Å². The first kappa shape index (κ1) is 12.9. The Hall–Kier alpha value is -1.19. The molecular weight excluding hydrogens is 207 g/mol. The van der Waals surface area contributed by atoms with Gasteiger partial charge in [-0.1, -0.05) is 20.8 Å². The van der Waals surface area contributed by atoms with Crippen molar-refractivity contribution in [2.24, 2.45) is 0 Å². The van der Waals surface area contributed by atoms with E-state index in [2.05, 4.69) is 30.7 Å². The Morgan fingerprint density at radius 1 is 1.12 bits per heavy atom. The van der Waals surface area contributed by atoms with Crippen LogP contribution in [0.3, 0.4) is 0 Å². The van der Waals surface area contributed by atoms with Crippen LogP contribution in [0.5, 0.6) is 6.01 Å². The molecule has 1 aromatic heterocycles. The minimum absolute atomic E-state index is 0.0118. The van der Waals surface area contributed by atoms with Crippen LogP contribution in [0.15, 0.2) is 12.4 Å². The highest BCUT2D eigenvalue weighted by molar-refractivity contribution is 5.16. The van der Waals surface area contributed by atoms with Crippen molar-refractivity contribution in [3.63, 3.8) is 0 Å². The molecule has 90 valence electrons. The summed E-state index contributed by atoms with van der Waals surface area (Å²) in [5.74, 6) is 0. The van der Waals surface area contributed by atoms with Gasteiger partial charge in [0, 0.05) is 12.4 Å². The Morgan fingerprint density at radius 3 is 2.00 bits per heavy atom. The summed E-state index contributed by atoms with van der Waals surface area (Å²) < 4.78 is 18.3. The first-order valence-electron chi connectivity index (χ1n) is 5.33. The molecule has 3 nitrogen and oxygen atoms in total. The van der Waals surface area contributed by atoms with Crippen molar-refractivity contribution < 1.29 is 9.13 Å². The lowest BCUT2D eigenvalue weighted by atomic mass is 9.89. The molecule has 0 spiro atoms. The van der Waals surface area contributed by atoms with E-state index in [0.29, 0.717) is 0 Å². The van der Waals surface area contributed by atoms with Crippen molar-refractivity contribution in [2.75, 3.05) is 6.61 Å². The van der Waals surface area contributed by atoms with Crippen molar-refractivity contribution in [1.29, 1.82) is 0 Å². The van der Waals surface area contributed by atoms with Gasteiger partial charge in [-0.15, -0.1) is 0 Å².